The molecule has 0 radical (unpaired) electrons. The number of methoxy groups -OCH3 is 1. The topological polar surface area (TPSA) is 52.3 Å². The van der Waals surface area contributed by atoms with Gasteiger partial charge in [-0.2, -0.15) is 0 Å². The molecule has 0 bridgehead atoms. The number of nitrogens with two attached hydrogens (primary N) is 1. The predicted molar refractivity (Wildman–Crippen MR) is 79.0 cm³/mol. The number of anilines is 1. The lowest BCUT2D eigenvalue weighted by molar-refractivity contribution is 0.411. The number of hydrogen-bond acceptors (Lipinski definition) is 3. The van der Waals surface area contributed by atoms with E-state index in [1.807, 2.05) is 24.3 Å². The maximum absolute atomic E-state index is 12.3. The summed E-state index contributed by atoms with van der Waals surface area (Å²) in [6.45, 7) is 0. The van der Waals surface area contributed by atoms with Crippen LogP contribution >= 0.6 is 11.6 Å². The lowest BCUT2D eigenvalue weighted by Crippen LogP contribution is -2.02. The Bertz CT molecular complexity index is 616. The van der Waals surface area contributed by atoms with Crippen molar-refractivity contribution in [3.63, 3.8) is 0 Å². The molecule has 1 unspecified atom stereocenters. The van der Waals surface area contributed by atoms with Gasteiger partial charge in [0.2, 0.25) is 0 Å². The molecule has 0 saturated heterocycles. The molecule has 0 saturated carbocycles. The zero-order valence-corrected chi connectivity index (χ0v) is 12.0. The minimum atomic E-state index is -1.23. The maximum Gasteiger partial charge on any atom is 0.122 e. The second kappa shape index (κ2) is 6.08. The molecule has 0 spiro atoms. The Labute approximate surface area is 119 Å². The fraction of sp³-hybridized carbons (Fsp3) is 0.143. The molecule has 0 aliphatic carbocycles. The van der Waals surface area contributed by atoms with Crippen LogP contribution in [-0.4, -0.2) is 11.3 Å². The summed E-state index contributed by atoms with van der Waals surface area (Å²) < 4.78 is 17.6. The van der Waals surface area contributed by atoms with Crippen molar-refractivity contribution in [3.05, 3.63) is 53.1 Å². The molecular weight excluding hydrogens is 282 g/mol. The number of benzene rings is 2. The summed E-state index contributed by atoms with van der Waals surface area (Å²) in [4.78, 5) is 0.593. The smallest absolute Gasteiger partial charge is 0.122 e. The molecule has 0 heterocycles. The predicted octanol–water partition coefficient (Wildman–Crippen LogP) is 3.24. The molecule has 0 aliphatic heterocycles. The van der Waals surface area contributed by atoms with Crippen LogP contribution in [-0.2, 0) is 16.6 Å². The minimum Gasteiger partial charge on any atom is -0.496 e. The van der Waals surface area contributed by atoms with Crippen molar-refractivity contribution in [1.82, 2.24) is 0 Å². The molecule has 0 aromatic heterocycles. The maximum atomic E-state index is 12.3. The molecular formula is C14H14ClNO2S. The summed E-state index contributed by atoms with van der Waals surface area (Å²) in [5, 5.41) is 0.538. The molecule has 5 heteroatoms. The number of ether oxygens (including phenoxy) is 1. The molecule has 2 aromatic carbocycles. The van der Waals surface area contributed by atoms with Crippen molar-refractivity contribution in [2.24, 2.45) is 0 Å². The molecule has 0 aliphatic rings. The van der Waals surface area contributed by atoms with Gasteiger partial charge in [-0.3, -0.25) is 4.21 Å². The van der Waals surface area contributed by atoms with E-state index in [1.165, 1.54) is 0 Å². The molecule has 2 aromatic rings. The van der Waals surface area contributed by atoms with E-state index < -0.39 is 10.8 Å². The number of nitrogen functional groups attached to an aromatic ring is 1. The minimum absolute atomic E-state index is 0.357. The third kappa shape index (κ3) is 3.28. The second-order valence-corrected chi connectivity index (χ2v) is 5.84. The Morgan fingerprint density at radius 2 is 2.00 bits per heavy atom. The molecule has 3 nitrogen and oxygen atoms in total. The second-order valence-electron chi connectivity index (χ2n) is 3.98. The molecule has 100 valence electrons. The van der Waals surface area contributed by atoms with E-state index in [-0.39, 0.29) is 0 Å². The number of halogens is 1. The van der Waals surface area contributed by atoms with Crippen LogP contribution in [0.4, 0.5) is 5.69 Å². The molecule has 19 heavy (non-hydrogen) atoms. The van der Waals surface area contributed by atoms with Crippen LogP contribution in [0.15, 0.2) is 47.4 Å². The molecule has 0 fully saturated rings. The van der Waals surface area contributed by atoms with E-state index in [2.05, 4.69) is 0 Å². The van der Waals surface area contributed by atoms with Gasteiger partial charge in [-0.05, 0) is 24.3 Å². The highest BCUT2D eigenvalue weighted by atomic mass is 35.5. The summed E-state index contributed by atoms with van der Waals surface area (Å²) >= 11 is 5.83. The van der Waals surface area contributed by atoms with E-state index in [4.69, 9.17) is 22.1 Å². The highest BCUT2D eigenvalue weighted by molar-refractivity contribution is 7.84. The van der Waals surface area contributed by atoms with Crippen molar-refractivity contribution in [3.8, 4) is 5.75 Å². The monoisotopic (exact) mass is 295 g/mol. The van der Waals surface area contributed by atoms with Gasteiger partial charge in [0.15, 0.2) is 0 Å². The van der Waals surface area contributed by atoms with Gasteiger partial charge in [0.1, 0.15) is 5.75 Å². The normalized spacial score (nSPS) is 12.1. The average Bonchev–Trinajstić information content (AvgIpc) is 2.39. The zero-order chi connectivity index (χ0) is 13.8. The summed E-state index contributed by atoms with van der Waals surface area (Å²) in [7, 11) is 0.366. The highest BCUT2D eigenvalue weighted by Crippen LogP contribution is 2.25. The van der Waals surface area contributed by atoms with Gasteiger partial charge in [0, 0.05) is 16.3 Å². The number of hydrogen-bond donors (Lipinski definition) is 1. The summed E-state index contributed by atoms with van der Waals surface area (Å²) in [6, 6.07) is 12.5. The van der Waals surface area contributed by atoms with Crippen molar-refractivity contribution in [2.45, 2.75) is 10.6 Å². The summed E-state index contributed by atoms with van der Waals surface area (Å²) in [6.07, 6.45) is 0. The van der Waals surface area contributed by atoms with Crippen molar-refractivity contribution in [2.75, 3.05) is 12.8 Å². The van der Waals surface area contributed by atoms with E-state index in [1.54, 1.807) is 25.3 Å². The van der Waals surface area contributed by atoms with Gasteiger partial charge in [-0.25, -0.2) is 0 Å². The van der Waals surface area contributed by atoms with Gasteiger partial charge in [-0.15, -0.1) is 0 Å². The molecule has 2 rings (SSSR count). The third-order valence-corrected chi connectivity index (χ3v) is 4.37. The largest absolute Gasteiger partial charge is 0.496 e. The van der Waals surface area contributed by atoms with Crippen LogP contribution in [0.5, 0.6) is 5.75 Å². The van der Waals surface area contributed by atoms with Crippen LogP contribution < -0.4 is 10.5 Å². The Morgan fingerprint density at radius 3 is 2.68 bits per heavy atom. The molecule has 2 N–H and O–H groups in total. The number of para-hydroxylation sites is 1. The first-order valence-corrected chi connectivity index (χ1v) is 7.37. The fourth-order valence-corrected chi connectivity index (χ4v) is 3.17. The van der Waals surface area contributed by atoms with E-state index in [0.717, 1.165) is 11.3 Å². The van der Waals surface area contributed by atoms with Gasteiger partial charge < -0.3 is 10.5 Å². The van der Waals surface area contributed by atoms with E-state index >= 15 is 0 Å². The van der Waals surface area contributed by atoms with Crippen LogP contribution in [0.1, 0.15) is 5.56 Å². The quantitative estimate of drug-likeness (QED) is 0.881. The fourth-order valence-electron chi connectivity index (χ4n) is 1.77. The molecule has 0 amide bonds. The lowest BCUT2D eigenvalue weighted by atomic mass is 10.2. The first kappa shape index (κ1) is 13.9. The van der Waals surface area contributed by atoms with Crippen molar-refractivity contribution >= 4 is 28.1 Å². The van der Waals surface area contributed by atoms with Gasteiger partial charge in [0.05, 0.1) is 28.6 Å². The van der Waals surface area contributed by atoms with Crippen LogP contribution in [0.25, 0.3) is 0 Å². The van der Waals surface area contributed by atoms with Crippen LogP contribution in [0, 0.1) is 0 Å². The standard InChI is InChI=1S/C14H14ClNO2S/c1-18-13-5-3-2-4-10(13)9-19(17)14-7-6-11(15)8-12(14)16/h2-8H,9,16H2,1H3. The van der Waals surface area contributed by atoms with Crippen molar-refractivity contribution in [1.29, 1.82) is 0 Å². The third-order valence-electron chi connectivity index (χ3n) is 2.70. The van der Waals surface area contributed by atoms with E-state index in [9.17, 15) is 4.21 Å². The average molecular weight is 296 g/mol. The first-order valence-electron chi connectivity index (χ1n) is 5.67. The van der Waals surface area contributed by atoms with E-state index in [0.29, 0.717) is 21.4 Å². The van der Waals surface area contributed by atoms with Crippen LogP contribution in [0.2, 0.25) is 5.02 Å². The highest BCUT2D eigenvalue weighted by Gasteiger charge is 2.12. The Hall–Kier alpha value is -1.52. The molecule has 1 atom stereocenters. The SMILES string of the molecule is COc1ccccc1CS(=O)c1ccc(Cl)cc1N. The van der Waals surface area contributed by atoms with Crippen molar-refractivity contribution < 1.29 is 8.95 Å². The van der Waals surface area contributed by atoms with Gasteiger partial charge in [0.25, 0.3) is 0 Å². The lowest BCUT2D eigenvalue weighted by Gasteiger charge is -2.09. The van der Waals surface area contributed by atoms with Gasteiger partial charge >= 0.3 is 0 Å². The first-order chi connectivity index (χ1) is 9.11. The van der Waals surface area contributed by atoms with Crippen LogP contribution in [0.3, 0.4) is 0 Å². The Morgan fingerprint density at radius 1 is 1.26 bits per heavy atom. The summed E-state index contributed by atoms with van der Waals surface area (Å²) in [5.41, 5.74) is 7.17. The summed E-state index contributed by atoms with van der Waals surface area (Å²) in [5.74, 6) is 1.08. The van der Waals surface area contributed by atoms with Gasteiger partial charge in [-0.1, -0.05) is 29.8 Å². The zero-order valence-electron chi connectivity index (χ0n) is 10.4. The Balaban J connectivity index is 2.26. The Kier molecular flexibility index (Phi) is 4.45. The number of rotatable bonds is 4.